The Bertz CT molecular complexity index is 368. The summed E-state index contributed by atoms with van der Waals surface area (Å²) >= 11 is 1.81. The van der Waals surface area contributed by atoms with Crippen LogP contribution in [0.5, 0.6) is 0 Å². The molecule has 0 fully saturated rings. The van der Waals surface area contributed by atoms with Gasteiger partial charge in [-0.1, -0.05) is 26.8 Å². The fourth-order valence-corrected chi connectivity index (χ4v) is 1.07. The van der Waals surface area contributed by atoms with Gasteiger partial charge in [0.15, 0.2) is 0 Å². The summed E-state index contributed by atoms with van der Waals surface area (Å²) in [5.41, 5.74) is 6.69. The minimum atomic E-state index is -0.250. The summed E-state index contributed by atoms with van der Waals surface area (Å²) < 4.78 is 0. The van der Waals surface area contributed by atoms with E-state index in [9.17, 15) is 0 Å². The van der Waals surface area contributed by atoms with Crippen LogP contribution in [0.1, 0.15) is 20.8 Å². The fourth-order valence-electron chi connectivity index (χ4n) is 1.07. The first-order valence-electron chi connectivity index (χ1n) is 5.07. The molecule has 0 heterocycles. The maximum atomic E-state index is 6.94. The Balaban J connectivity index is -0.000000222. The van der Waals surface area contributed by atoms with Crippen molar-refractivity contribution in [1.29, 1.82) is 0 Å². The Labute approximate surface area is 127 Å². The molecular weight excluding hydrogens is 270 g/mol. The third-order valence-electron chi connectivity index (χ3n) is 1.55. The molecule has 0 aromatic heterocycles. The molecule has 2 aromatic carbocycles. The molecule has 2 rings (SSSR count). The van der Waals surface area contributed by atoms with Crippen LogP contribution in [0.15, 0.2) is 42.5 Å². The Morgan fingerprint density at radius 1 is 1.06 bits per heavy atom. The molecule has 18 heavy (non-hydrogen) atoms. The Morgan fingerprint density at radius 2 is 1.50 bits per heavy atom. The third kappa shape index (κ3) is 12.2. The van der Waals surface area contributed by atoms with Crippen LogP contribution < -0.4 is 0 Å². The van der Waals surface area contributed by atoms with Crippen molar-refractivity contribution in [3.8, 4) is 0 Å². The molecule has 0 aliphatic heterocycles. The standard InChI is InChI=1S/C9H7.C4H10N.2CH3.Si.Ti/c1-2-5-9-7-3-6-8(9)4-1;1-4(2,3)5;;;;/h1-7H;5H,1-3H3;2*1H3;;/q4*-1;;. The molecular formula is C15H23NSiTi-4. The van der Waals surface area contributed by atoms with Crippen LogP contribution in [0.2, 0.25) is 0 Å². The van der Waals surface area contributed by atoms with Crippen LogP contribution in [-0.2, 0) is 19.2 Å². The molecule has 0 aliphatic rings. The van der Waals surface area contributed by atoms with Crippen LogP contribution in [0, 0.1) is 14.9 Å². The summed E-state index contributed by atoms with van der Waals surface area (Å²) in [5.74, 6) is 0. The summed E-state index contributed by atoms with van der Waals surface area (Å²) in [4.78, 5) is 0. The Hall–Kier alpha value is -0.279. The van der Waals surface area contributed by atoms with Crippen molar-refractivity contribution in [1.82, 2.24) is 0 Å². The normalized spacial score (nSPS) is 8.61. The maximum Gasteiger partial charge on any atom is -0.0809 e. The van der Waals surface area contributed by atoms with Crippen molar-refractivity contribution < 1.29 is 19.2 Å². The van der Waals surface area contributed by atoms with Crippen molar-refractivity contribution in [2.24, 2.45) is 0 Å². The van der Waals surface area contributed by atoms with Crippen LogP contribution in [0.3, 0.4) is 0 Å². The summed E-state index contributed by atoms with van der Waals surface area (Å²) in [6.45, 7) is 5.56. The third-order valence-corrected chi connectivity index (χ3v) is 1.55. The molecule has 1 N–H and O–H groups in total. The van der Waals surface area contributed by atoms with Gasteiger partial charge in [-0.25, -0.2) is 0 Å². The van der Waals surface area contributed by atoms with Crippen LogP contribution in [0.4, 0.5) is 0 Å². The first-order chi connectivity index (χ1) is 7.47. The number of hydrogen-bond acceptors (Lipinski definition) is 0. The second-order valence-electron chi connectivity index (χ2n) is 4.40. The van der Waals surface area contributed by atoms with Crippen LogP contribution in [0.25, 0.3) is 16.5 Å². The van der Waals surface area contributed by atoms with Gasteiger partial charge in [0.1, 0.15) is 0 Å². The summed E-state index contributed by atoms with van der Waals surface area (Å²) in [7, 11) is 2.97. The van der Waals surface area contributed by atoms with Gasteiger partial charge in [0.25, 0.3) is 0 Å². The first-order valence-corrected chi connectivity index (χ1v) is 7.91. The zero-order chi connectivity index (χ0) is 12.6. The van der Waals surface area contributed by atoms with Crippen molar-refractivity contribution in [3.63, 3.8) is 0 Å². The molecule has 3 heteroatoms. The van der Waals surface area contributed by atoms with E-state index in [0.29, 0.717) is 0 Å². The van der Waals surface area contributed by atoms with Gasteiger partial charge in [0.2, 0.25) is 0 Å². The number of rotatable bonds is 0. The zero-order valence-electron chi connectivity index (χ0n) is 12.0. The van der Waals surface area contributed by atoms with Crippen molar-refractivity contribution in [3.05, 3.63) is 63.1 Å². The van der Waals surface area contributed by atoms with Crippen LogP contribution in [-0.4, -0.2) is 13.2 Å². The molecule has 0 amide bonds. The summed E-state index contributed by atoms with van der Waals surface area (Å²) in [6.07, 6.45) is 0. The smallest absolute Gasteiger partial charge is 0.0809 e. The number of hydrogen-bond donors (Lipinski definition) is 0. The second kappa shape index (κ2) is 11.8. The van der Waals surface area contributed by atoms with Crippen molar-refractivity contribution in [2.45, 2.75) is 26.3 Å². The molecule has 0 atom stereocenters. The van der Waals surface area contributed by atoms with Crippen molar-refractivity contribution in [2.75, 3.05) is 0 Å². The van der Waals surface area contributed by atoms with Gasteiger partial charge < -0.3 is 20.6 Å². The van der Waals surface area contributed by atoms with Gasteiger partial charge in [-0.3, -0.25) is 0 Å². The van der Waals surface area contributed by atoms with E-state index < -0.39 is 0 Å². The largest absolute Gasteiger partial charge is 0.168 e. The summed E-state index contributed by atoms with van der Waals surface area (Å²) in [6, 6.07) is 14.7. The van der Waals surface area contributed by atoms with Gasteiger partial charge in [-0.05, 0) is 0 Å². The van der Waals surface area contributed by atoms with Gasteiger partial charge >= 0.3 is 26.8 Å². The number of benzene rings is 1. The first kappa shape index (κ1) is 22.9. The van der Waals surface area contributed by atoms with Gasteiger partial charge in [-0.15, -0.1) is 35.2 Å². The second-order valence-corrected chi connectivity index (χ2v) is 4.40. The minimum absolute atomic E-state index is 0. The van der Waals surface area contributed by atoms with Gasteiger partial charge in [0, 0.05) is 0 Å². The molecule has 2 radical (unpaired) electrons. The molecule has 0 spiro atoms. The predicted octanol–water partition coefficient (Wildman–Crippen LogP) is 4.91. The zero-order valence-corrected chi connectivity index (χ0v) is 14.6. The van der Waals surface area contributed by atoms with E-state index in [-0.39, 0.29) is 20.4 Å². The van der Waals surface area contributed by atoms with Gasteiger partial charge in [-0.2, -0.15) is 17.5 Å². The maximum absolute atomic E-state index is 6.94. The van der Waals surface area contributed by atoms with Gasteiger partial charge in [0.05, 0.1) is 0 Å². The minimum Gasteiger partial charge on any atom is -0.168 e. The van der Waals surface area contributed by atoms with E-state index in [1.807, 2.05) is 20.8 Å². The van der Waals surface area contributed by atoms with E-state index >= 15 is 0 Å². The van der Waals surface area contributed by atoms with E-state index in [1.54, 1.807) is 19.2 Å². The molecule has 0 unspecified atom stereocenters. The molecule has 1 nitrogen and oxygen atoms in total. The number of fused-ring (bicyclic) bond motifs is 1. The topological polar surface area (TPSA) is 23.8 Å². The molecule has 0 aliphatic carbocycles. The SMILES string of the molecule is CC(C)(C)[NH-].[CH3-].[CH3-].[Si]=[Ti].c1ccc2[cH-]ccc2c1. The molecule has 100 valence electrons. The average Bonchev–Trinajstić information content (AvgIpc) is 2.66. The van der Waals surface area contributed by atoms with Crippen LogP contribution >= 0.6 is 0 Å². The fraction of sp³-hybridized carbons (Fsp3) is 0.267. The molecule has 2 aromatic rings. The number of nitrogens with one attached hydrogen (secondary N) is 1. The van der Waals surface area contributed by atoms with E-state index in [2.05, 4.69) is 50.1 Å². The van der Waals surface area contributed by atoms with E-state index in [1.165, 1.54) is 10.8 Å². The Morgan fingerprint density at radius 3 is 1.94 bits per heavy atom. The van der Waals surface area contributed by atoms with Crippen molar-refractivity contribution >= 4 is 18.4 Å². The van der Waals surface area contributed by atoms with E-state index in [4.69, 9.17) is 5.73 Å². The van der Waals surface area contributed by atoms with E-state index in [0.717, 1.165) is 0 Å². The molecule has 0 bridgehead atoms. The Kier molecular flexibility index (Phi) is 15.0. The molecule has 0 saturated carbocycles. The molecule has 0 saturated heterocycles. The predicted molar refractivity (Wildman–Crippen MR) is 82.2 cm³/mol. The summed E-state index contributed by atoms with van der Waals surface area (Å²) in [5, 5.41) is 2.66. The monoisotopic (exact) mass is 293 g/mol. The average molecular weight is 293 g/mol. The quantitative estimate of drug-likeness (QED) is 0.486.